The van der Waals surface area contributed by atoms with Crippen molar-refractivity contribution >= 4 is 10.9 Å². The molecule has 0 bridgehead atoms. The predicted octanol–water partition coefficient (Wildman–Crippen LogP) is 3.77. The van der Waals surface area contributed by atoms with Gasteiger partial charge in [0.1, 0.15) is 17.2 Å². The molecule has 3 rings (SSSR count). The van der Waals surface area contributed by atoms with Gasteiger partial charge in [-0.05, 0) is 45.0 Å². The summed E-state index contributed by atoms with van der Waals surface area (Å²) in [4.78, 5) is 19.6. The summed E-state index contributed by atoms with van der Waals surface area (Å²) in [5.41, 5.74) is 0.978. The van der Waals surface area contributed by atoms with E-state index < -0.39 is 0 Å². The Balaban J connectivity index is 2.18. The standard InChI is InChI=1S/C18H18N2O2/c1-18(2,3)22-15-11-7-5-9-13(15)16-19-14-10-6-4-8-12(14)17(21)20-16/h4-11H,1-3H3,(H,19,20,21). The molecule has 0 radical (unpaired) electrons. The van der Waals surface area contributed by atoms with Gasteiger partial charge in [-0.2, -0.15) is 0 Å². The van der Waals surface area contributed by atoms with Crippen molar-refractivity contribution in [1.29, 1.82) is 0 Å². The summed E-state index contributed by atoms with van der Waals surface area (Å²) in [5, 5.41) is 0.584. The van der Waals surface area contributed by atoms with Crippen LogP contribution in [-0.4, -0.2) is 15.6 Å². The van der Waals surface area contributed by atoms with Gasteiger partial charge in [-0.25, -0.2) is 4.98 Å². The molecule has 0 amide bonds. The average molecular weight is 294 g/mol. The molecule has 4 nitrogen and oxygen atoms in total. The van der Waals surface area contributed by atoms with Crippen LogP contribution >= 0.6 is 0 Å². The zero-order valence-corrected chi connectivity index (χ0v) is 12.9. The summed E-state index contributed by atoms with van der Waals surface area (Å²) in [6.45, 7) is 5.96. The summed E-state index contributed by atoms with van der Waals surface area (Å²) >= 11 is 0. The van der Waals surface area contributed by atoms with E-state index in [0.717, 1.165) is 5.56 Å². The van der Waals surface area contributed by atoms with Gasteiger partial charge >= 0.3 is 0 Å². The fourth-order valence-corrected chi connectivity index (χ4v) is 2.30. The second-order valence-electron chi connectivity index (χ2n) is 6.14. The third kappa shape index (κ3) is 2.86. The maximum atomic E-state index is 12.2. The van der Waals surface area contributed by atoms with Gasteiger partial charge in [-0.1, -0.05) is 24.3 Å². The number of fused-ring (bicyclic) bond motifs is 1. The molecule has 0 atom stereocenters. The van der Waals surface area contributed by atoms with Gasteiger partial charge in [0.15, 0.2) is 0 Å². The summed E-state index contributed by atoms with van der Waals surface area (Å²) in [5.74, 6) is 1.22. The quantitative estimate of drug-likeness (QED) is 0.782. The van der Waals surface area contributed by atoms with Crippen molar-refractivity contribution in [2.45, 2.75) is 26.4 Å². The van der Waals surface area contributed by atoms with Crippen molar-refractivity contribution in [3.05, 3.63) is 58.9 Å². The molecule has 0 unspecified atom stereocenters. The highest BCUT2D eigenvalue weighted by Crippen LogP contribution is 2.30. The van der Waals surface area contributed by atoms with E-state index in [2.05, 4.69) is 9.97 Å². The lowest BCUT2D eigenvalue weighted by molar-refractivity contribution is 0.131. The number of ether oxygens (including phenoxy) is 1. The Bertz CT molecular complexity index is 876. The summed E-state index contributed by atoms with van der Waals surface area (Å²) in [6.07, 6.45) is 0. The number of aromatic nitrogens is 2. The van der Waals surface area contributed by atoms with Crippen LogP contribution in [-0.2, 0) is 0 Å². The second-order valence-corrected chi connectivity index (χ2v) is 6.14. The Morgan fingerprint density at radius 2 is 1.68 bits per heavy atom. The zero-order valence-electron chi connectivity index (χ0n) is 12.9. The van der Waals surface area contributed by atoms with E-state index in [0.29, 0.717) is 22.5 Å². The summed E-state index contributed by atoms with van der Waals surface area (Å²) in [7, 11) is 0. The second kappa shape index (κ2) is 5.30. The minimum Gasteiger partial charge on any atom is -0.487 e. The van der Waals surface area contributed by atoms with Crippen molar-refractivity contribution < 1.29 is 4.74 Å². The monoisotopic (exact) mass is 294 g/mol. The number of para-hydroxylation sites is 2. The van der Waals surface area contributed by atoms with E-state index in [9.17, 15) is 4.79 Å². The van der Waals surface area contributed by atoms with Gasteiger partial charge in [-0.3, -0.25) is 4.79 Å². The maximum absolute atomic E-state index is 12.2. The van der Waals surface area contributed by atoms with E-state index in [1.807, 2.05) is 63.2 Å². The van der Waals surface area contributed by atoms with Gasteiger partial charge in [0, 0.05) is 0 Å². The maximum Gasteiger partial charge on any atom is 0.259 e. The molecule has 0 aliphatic heterocycles. The first-order valence-corrected chi connectivity index (χ1v) is 7.21. The number of benzene rings is 2. The molecule has 112 valence electrons. The molecule has 3 aromatic rings. The van der Waals surface area contributed by atoms with E-state index >= 15 is 0 Å². The van der Waals surface area contributed by atoms with Crippen LogP contribution in [0, 0.1) is 0 Å². The first-order valence-electron chi connectivity index (χ1n) is 7.21. The van der Waals surface area contributed by atoms with Crippen LogP contribution in [0.1, 0.15) is 20.8 Å². The van der Waals surface area contributed by atoms with E-state index in [-0.39, 0.29) is 11.2 Å². The normalized spacial score (nSPS) is 11.6. The molecule has 1 aromatic heterocycles. The number of hydrogen-bond acceptors (Lipinski definition) is 3. The zero-order chi connectivity index (χ0) is 15.7. The fourth-order valence-electron chi connectivity index (χ4n) is 2.30. The first-order chi connectivity index (χ1) is 10.4. The first kappa shape index (κ1) is 14.3. The lowest BCUT2D eigenvalue weighted by atomic mass is 10.1. The van der Waals surface area contributed by atoms with Gasteiger partial charge in [0.25, 0.3) is 5.56 Å². The van der Waals surface area contributed by atoms with E-state index in [1.54, 1.807) is 6.07 Å². The molecular formula is C18H18N2O2. The molecule has 0 saturated carbocycles. The molecule has 4 heteroatoms. The lowest BCUT2D eigenvalue weighted by Gasteiger charge is -2.23. The van der Waals surface area contributed by atoms with Crippen LogP contribution in [0.4, 0.5) is 0 Å². The molecular weight excluding hydrogens is 276 g/mol. The Hall–Kier alpha value is -2.62. The minimum absolute atomic E-state index is 0.147. The fraction of sp³-hybridized carbons (Fsp3) is 0.222. The molecule has 0 fully saturated rings. The predicted molar refractivity (Wildman–Crippen MR) is 88.2 cm³/mol. The molecule has 0 saturated heterocycles. The third-order valence-electron chi connectivity index (χ3n) is 3.17. The van der Waals surface area contributed by atoms with E-state index in [4.69, 9.17) is 4.74 Å². The topological polar surface area (TPSA) is 55.0 Å². The van der Waals surface area contributed by atoms with Gasteiger partial charge in [0.2, 0.25) is 0 Å². The van der Waals surface area contributed by atoms with E-state index in [1.165, 1.54) is 0 Å². The van der Waals surface area contributed by atoms with Gasteiger partial charge in [-0.15, -0.1) is 0 Å². The largest absolute Gasteiger partial charge is 0.487 e. The molecule has 0 spiro atoms. The van der Waals surface area contributed by atoms with Crippen LogP contribution in [0.2, 0.25) is 0 Å². The third-order valence-corrected chi connectivity index (χ3v) is 3.17. The van der Waals surface area contributed by atoms with Gasteiger partial charge < -0.3 is 9.72 Å². The average Bonchev–Trinajstić information content (AvgIpc) is 2.46. The summed E-state index contributed by atoms with van der Waals surface area (Å²) < 4.78 is 5.98. The molecule has 2 aromatic carbocycles. The SMILES string of the molecule is CC(C)(C)Oc1ccccc1-c1nc2ccccc2c(=O)[nH]1. The number of aromatic amines is 1. The van der Waals surface area contributed by atoms with Crippen molar-refractivity contribution in [3.8, 4) is 17.1 Å². The minimum atomic E-state index is -0.326. The van der Waals surface area contributed by atoms with Crippen LogP contribution in [0.15, 0.2) is 53.3 Å². The Morgan fingerprint density at radius 1 is 1.00 bits per heavy atom. The number of H-pyrrole nitrogens is 1. The Kier molecular flexibility index (Phi) is 3.45. The highest BCUT2D eigenvalue weighted by molar-refractivity contribution is 5.80. The highest BCUT2D eigenvalue weighted by Gasteiger charge is 2.16. The lowest BCUT2D eigenvalue weighted by Crippen LogP contribution is -2.23. The van der Waals surface area contributed by atoms with Crippen LogP contribution in [0.25, 0.3) is 22.3 Å². The van der Waals surface area contributed by atoms with Crippen molar-refractivity contribution in [2.24, 2.45) is 0 Å². The number of nitrogens with zero attached hydrogens (tertiary/aromatic N) is 1. The van der Waals surface area contributed by atoms with Crippen LogP contribution in [0.5, 0.6) is 5.75 Å². The van der Waals surface area contributed by atoms with Crippen LogP contribution in [0.3, 0.4) is 0 Å². The number of hydrogen-bond donors (Lipinski definition) is 1. The van der Waals surface area contributed by atoms with Crippen LogP contribution < -0.4 is 10.3 Å². The number of nitrogens with one attached hydrogen (secondary N) is 1. The number of rotatable bonds is 2. The Morgan fingerprint density at radius 3 is 2.45 bits per heavy atom. The molecule has 22 heavy (non-hydrogen) atoms. The molecule has 1 heterocycles. The van der Waals surface area contributed by atoms with Crippen molar-refractivity contribution in [2.75, 3.05) is 0 Å². The smallest absolute Gasteiger partial charge is 0.259 e. The van der Waals surface area contributed by atoms with Crippen molar-refractivity contribution in [3.63, 3.8) is 0 Å². The van der Waals surface area contributed by atoms with Gasteiger partial charge in [0.05, 0.1) is 16.5 Å². The van der Waals surface area contributed by atoms with Crippen molar-refractivity contribution in [1.82, 2.24) is 9.97 Å². The molecule has 0 aliphatic rings. The summed E-state index contributed by atoms with van der Waals surface area (Å²) in [6, 6.07) is 14.9. The molecule has 0 aliphatic carbocycles. The Labute approximate surface area is 128 Å². The highest BCUT2D eigenvalue weighted by atomic mass is 16.5. The molecule has 1 N–H and O–H groups in total.